The molecular weight excluding hydrogens is 218 g/mol. The van der Waals surface area contributed by atoms with Crippen molar-refractivity contribution in [2.75, 3.05) is 0 Å². The molecule has 3 aromatic carbocycles. The molecule has 0 saturated carbocycles. The molecule has 0 spiro atoms. The van der Waals surface area contributed by atoms with Crippen LogP contribution in [0.25, 0.3) is 21.5 Å². The maximum Gasteiger partial charge on any atom is 0.0701 e. The Balaban J connectivity index is 2.51. The van der Waals surface area contributed by atoms with Crippen LogP contribution in [0.4, 0.5) is 0 Å². The highest BCUT2D eigenvalue weighted by Crippen LogP contribution is 2.32. The normalized spacial score (nSPS) is 12.4. The first-order chi connectivity index (χ1) is 8.81. The minimum atomic E-state index is -0.0838. The fourth-order valence-electron chi connectivity index (χ4n) is 2.51. The third kappa shape index (κ3) is 1.55. The van der Waals surface area contributed by atoms with Gasteiger partial charge in [0.1, 0.15) is 0 Å². The van der Waals surface area contributed by atoms with Gasteiger partial charge in [0.25, 0.3) is 0 Å². The van der Waals surface area contributed by atoms with Gasteiger partial charge >= 0.3 is 0 Å². The molecule has 1 atom stereocenters. The molecule has 3 aromatic rings. The Morgan fingerprint density at radius 3 is 2.22 bits per heavy atom. The number of hydrogen-bond acceptors (Lipinski definition) is 1. The molecule has 0 aliphatic heterocycles. The summed E-state index contributed by atoms with van der Waals surface area (Å²) in [6, 6.07) is 21.1. The molecule has 0 aromatic heterocycles. The van der Waals surface area contributed by atoms with Crippen molar-refractivity contribution in [3.63, 3.8) is 0 Å². The Hall–Kier alpha value is -2.33. The summed E-state index contributed by atoms with van der Waals surface area (Å²) in [7, 11) is 0. The quantitative estimate of drug-likeness (QED) is 0.560. The molecule has 0 fully saturated rings. The summed E-state index contributed by atoms with van der Waals surface area (Å²) >= 11 is 0. The van der Waals surface area contributed by atoms with Crippen LogP contribution in [0.1, 0.15) is 18.4 Å². The first kappa shape index (κ1) is 10.8. The fraction of sp³-hybridized carbons (Fsp3) is 0.118. The number of rotatable bonds is 1. The molecule has 0 N–H and O–H groups in total. The first-order valence-corrected chi connectivity index (χ1v) is 6.11. The summed E-state index contributed by atoms with van der Waals surface area (Å²) in [5.41, 5.74) is 1.12. The van der Waals surface area contributed by atoms with Crippen LogP contribution in [0.2, 0.25) is 0 Å². The van der Waals surface area contributed by atoms with E-state index in [1.165, 1.54) is 21.5 Å². The van der Waals surface area contributed by atoms with Crippen molar-refractivity contribution in [3.8, 4) is 6.07 Å². The zero-order valence-corrected chi connectivity index (χ0v) is 10.2. The highest BCUT2D eigenvalue weighted by atomic mass is 14.3. The SMILES string of the molecule is CC(C#N)c1cc2ccccc2c2ccccc12. The summed E-state index contributed by atoms with van der Waals surface area (Å²) in [6.07, 6.45) is 0. The summed E-state index contributed by atoms with van der Waals surface area (Å²) in [5.74, 6) is -0.0838. The molecule has 0 saturated heterocycles. The molecular formula is C17H13N. The summed E-state index contributed by atoms with van der Waals surface area (Å²) in [4.78, 5) is 0. The lowest BCUT2D eigenvalue weighted by molar-refractivity contribution is 0.997. The Kier molecular flexibility index (Phi) is 2.50. The zero-order chi connectivity index (χ0) is 12.5. The topological polar surface area (TPSA) is 23.8 Å². The van der Waals surface area contributed by atoms with Crippen LogP contribution in [0.3, 0.4) is 0 Å². The van der Waals surface area contributed by atoms with E-state index in [1.807, 2.05) is 19.1 Å². The van der Waals surface area contributed by atoms with Crippen LogP contribution in [-0.2, 0) is 0 Å². The van der Waals surface area contributed by atoms with Crippen LogP contribution in [-0.4, -0.2) is 0 Å². The minimum absolute atomic E-state index is 0.0838. The Bertz CT molecular complexity index is 765. The average Bonchev–Trinajstić information content (AvgIpc) is 2.45. The summed E-state index contributed by atoms with van der Waals surface area (Å²) in [5, 5.41) is 14.0. The standard InChI is InChI=1S/C17H13N/c1-12(11-18)17-10-13-6-2-3-7-14(13)15-8-4-5-9-16(15)17/h2-10,12H,1H3. The first-order valence-electron chi connectivity index (χ1n) is 6.11. The molecule has 1 nitrogen and oxygen atoms in total. The summed E-state index contributed by atoms with van der Waals surface area (Å²) < 4.78 is 0. The van der Waals surface area contributed by atoms with Gasteiger partial charge in [-0.15, -0.1) is 0 Å². The van der Waals surface area contributed by atoms with Crippen molar-refractivity contribution in [2.24, 2.45) is 0 Å². The molecule has 0 amide bonds. The van der Waals surface area contributed by atoms with Crippen molar-refractivity contribution >= 4 is 21.5 Å². The van der Waals surface area contributed by atoms with Crippen LogP contribution < -0.4 is 0 Å². The third-order valence-electron chi connectivity index (χ3n) is 3.46. The number of hydrogen-bond donors (Lipinski definition) is 0. The van der Waals surface area contributed by atoms with Gasteiger partial charge in [-0.05, 0) is 40.1 Å². The predicted molar refractivity (Wildman–Crippen MR) is 75.5 cm³/mol. The summed E-state index contributed by atoms with van der Waals surface area (Å²) in [6.45, 7) is 1.95. The van der Waals surface area contributed by atoms with Crippen molar-refractivity contribution in [1.82, 2.24) is 0 Å². The molecule has 1 unspecified atom stereocenters. The monoisotopic (exact) mass is 231 g/mol. The lowest BCUT2D eigenvalue weighted by Crippen LogP contribution is -1.92. The molecule has 18 heavy (non-hydrogen) atoms. The van der Waals surface area contributed by atoms with Crippen LogP contribution in [0.5, 0.6) is 0 Å². The largest absolute Gasteiger partial charge is 0.198 e. The number of nitriles is 1. The smallest absolute Gasteiger partial charge is 0.0701 e. The van der Waals surface area contributed by atoms with Gasteiger partial charge in [0.05, 0.1) is 12.0 Å². The van der Waals surface area contributed by atoms with Gasteiger partial charge in [-0.1, -0.05) is 48.5 Å². The van der Waals surface area contributed by atoms with E-state index in [0.29, 0.717) is 0 Å². The maximum atomic E-state index is 9.17. The molecule has 0 heterocycles. The zero-order valence-electron chi connectivity index (χ0n) is 10.2. The van der Waals surface area contributed by atoms with Gasteiger partial charge < -0.3 is 0 Å². The Labute approximate surface area is 106 Å². The van der Waals surface area contributed by atoms with E-state index in [4.69, 9.17) is 5.26 Å². The Morgan fingerprint density at radius 2 is 1.50 bits per heavy atom. The molecule has 0 aliphatic carbocycles. The lowest BCUT2D eigenvalue weighted by Gasteiger charge is -2.11. The van der Waals surface area contributed by atoms with E-state index in [1.54, 1.807) is 0 Å². The van der Waals surface area contributed by atoms with E-state index in [2.05, 4.69) is 48.5 Å². The van der Waals surface area contributed by atoms with Gasteiger partial charge in [0.15, 0.2) is 0 Å². The van der Waals surface area contributed by atoms with E-state index in [9.17, 15) is 0 Å². The number of nitrogens with zero attached hydrogens (tertiary/aromatic N) is 1. The minimum Gasteiger partial charge on any atom is -0.198 e. The average molecular weight is 231 g/mol. The van der Waals surface area contributed by atoms with Gasteiger partial charge in [0.2, 0.25) is 0 Å². The van der Waals surface area contributed by atoms with E-state index in [0.717, 1.165) is 5.56 Å². The molecule has 0 bridgehead atoms. The third-order valence-corrected chi connectivity index (χ3v) is 3.46. The molecule has 3 rings (SSSR count). The highest BCUT2D eigenvalue weighted by Gasteiger charge is 2.10. The molecule has 0 aliphatic rings. The highest BCUT2D eigenvalue weighted by molar-refractivity contribution is 6.09. The number of fused-ring (bicyclic) bond motifs is 3. The second kappa shape index (κ2) is 4.16. The van der Waals surface area contributed by atoms with Crippen molar-refractivity contribution in [3.05, 3.63) is 60.2 Å². The van der Waals surface area contributed by atoms with Crippen LogP contribution in [0.15, 0.2) is 54.6 Å². The molecule has 86 valence electrons. The van der Waals surface area contributed by atoms with Gasteiger partial charge in [0, 0.05) is 0 Å². The maximum absolute atomic E-state index is 9.17. The van der Waals surface area contributed by atoms with Gasteiger partial charge in [-0.2, -0.15) is 5.26 Å². The Morgan fingerprint density at radius 1 is 0.889 bits per heavy atom. The molecule has 0 radical (unpaired) electrons. The van der Waals surface area contributed by atoms with Gasteiger partial charge in [-0.25, -0.2) is 0 Å². The van der Waals surface area contributed by atoms with Crippen LogP contribution >= 0.6 is 0 Å². The second-order valence-corrected chi connectivity index (χ2v) is 4.58. The number of benzene rings is 3. The predicted octanol–water partition coefficient (Wildman–Crippen LogP) is 4.62. The van der Waals surface area contributed by atoms with Crippen molar-refractivity contribution in [2.45, 2.75) is 12.8 Å². The van der Waals surface area contributed by atoms with Crippen LogP contribution in [0, 0.1) is 11.3 Å². The lowest BCUT2D eigenvalue weighted by atomic mass is 9.91. The van der Waals surface area contributed by atoms with Crippen molar-refractivity contribution < 1.29 is 0 Å². The van der Waals surface area contributed by atoms with E-state index in [-0.39, 0.29) is 5.92 Å². The fourth-order valence-corrected chi connectivity index (χ4v) is 2.51. The molecule has 1 heteroatoms. The van der Waals surface area contributed by atoms with Gasteiger partial charge in [-0.3, -0.25) is 0 Å². The van der Waals surface area contributed by atoms with E-state index < -0.39 is 0 Å². The van der Waals surface area contributed by atoms with E-state index >= 15 is 0 Å². The van der Waals surface area contributed by atoms with Crippen molar-refractivity contribution in [1.29, 1.82) is 5.26 Å². The second-order valence-electron chi connectivity index (χ2n) is 4.58.